The Hall–Kier alpha value is -1.78. The van der Waals surface area contributed by atoms with Crippen LogP contribution in [-0.2, 0) is 11.2 Å². The smallest absolute Gasteiger partial charge is 0.323 e. The van der Waals surface area contributed by atoms with Crippen LogP contribution in [0.5, 0.6) is 0 Å². The van der Waals surface area contributed by atoms with E-state index in [-0.39, 0.29) is 12.5 Å². The van der Waals surface area contributed by atoms with Gasteiger partial charge in [0.1, 0.15) is 12.3 Å². The number of hydrogen-bond donors (Lipinski definition) is 1. The van der Waals surface area contributed by atoms with E-state index in [2.05, 4.69) is 0 Å². The number of carbonyl (C=O) groups is 2. The molecule has 1 heterocycles. The first-order chi connectivity index (χ1) is 8.10. The summed E-state index contributed by atoms with van der Waals surface area (Å²) in [7, 11) is 0. The zero-order valence-electron chi connectivity index (χ0n) is 10.1. The van der Waals surface area contributed by atoms with E-state index >= 15 is 0 Å². The maximum Gasteiger partial charge on any atom is 0.323 e. The molecule has 0 spiro atoms. The minimum absolute atomic E-state index is 0.277. The summed E-state index contributed by atoms with van der Waals surface area (Å²) in [6, 6.07) is 1.59. The Bertz CT molecular complexity index is 397. The molecule has 5 nitrogen and oxygen atoms in total. The number of rotatable bonds is 6. The highest BCUT2D eigenvalue weighted by Gasteiger charge is 2.21. The van der Waals surface area contributed by atoms with Crippen LogP contribution in [0.25, 0.3) is 0 Å². The highest BCUT2D eigenvalue weighted by atomic mass is 16.4. The molecule has 0 saturated carbocycles. The monoisotopic (exact) mass is 239 g/mol. The Morgan fingerprint density at radius 3 is 2.65 bits per heavy atom. The summed E-state index contributed by atoms with van der Waals surface area (Å²) in [5, 5.41) is 8.77. The van der Waals surface area contributed by atoms with E-state index in [0.717, 1.165) is 6.42 Å². The number of nitrogens with zero attached hydrogens (tertiary/aromatic N) is 1. The first-order valence-electron chi connectivity index (χ1n) is 5.67. The minimum Gasteiger partial charge on any atom is -0.480 e. The van der Waals surface area contributed by atoms with Crippen LogP contribution in [0.1, 0.15) is 36.4 Å². The average molecular weight is 239 g/mol. The molecule has 5 heteroatoms. The molecule has 0 atom stereocenters. The molecule has 1 rings (SSSR count). The van der Waals surface area contributed by atoms with Crippen molar-refractivity contribution >= 4 is 11.9 Å². The predicted molar refractivity (Wildman–Crippen MR) is 61.9 cm³/mol. The van der Waals surface area contributed by atoms with E-state index in [1.54, 1.807) is 6.07 Å². The lowest BCUT2D eigenvalue weighted by atomic mass is 10.2. The van der Waals surface area contributed by atoms with Gasteiger partial charge in [-0.2, -0.15) is 0 Å². The van der Waals surface area contributed by atoms with Crippen LogP contribution in [0.2, 0.25) is 0 Å². The van der Waals surface area contributed by atoms with Gasteiger partial charge < -0.3 is 14.4 Å². The van der Waals surface area contributed by atoms with Gasteiger partial charge >= 0.3 is 5.97 Å². The second-order valence-electron chi connectivity index (χ2n) is 3.73. The summed E-state index contributed by atoms with van der Waals surface area (Å²) in [5.74, 6) is -0.685. The first-order valence-corrected chi connectivity index (χ1v) is 5.67. The standard InChI is InChI=1S/C12H17NO4/c1-3-6-13(8-11(14)15)12(16)9-5-7-17-10(9)4-2/h5,7H,3-4,6,8H2,1-2H3,(H,14,15). The molecule has 0 unspecified atom stereocenters. The Morgan fingerprint density at radius 1 is 1.41 bits per heavy atom. The van der Waals surface area contributed by atoms with Crippen LogP contribution in [0.3, 0.4) is 0 Å². The number of aliphatic carboxylic acids is 1. The minimum atomic E-state index is -1.01. The van der Waals surface area contributed by atoms with E-state index in [1.165, 1.54) is 11.2 Å². The van der Waals surface area contributed by atoms with Crippen LogP contribution in [0.15, 0.2) is 16.7 Å². The Kier molecular flexibility index (Phi) is 4.75. The maximum absolute atomic E-state index is 12.1. The van der Waals surface area contributed by atoms with Gasteiger partial charge in [0.05, 0.1) is 11.8 Å². The van der Waals surface area contributed by atoms with Crippen molar-refractivity contribution in [2.75, 3.05) is 13.1 Å². The van der Waals surface area contributed by atoms with E-state index in [9.17, 15) is 9.59 Å². The number of carboxylic acids is 1. The molecule has 94 valence electrons. The third-order valence-corrected chi connectivity index (χ3v) is 2.40. The lowest BCUT2D eigenvalue weighted by Crippen LogP contribution is -2.36. The Morgan fingerprint density at radius 2 is 2.12 bits per heavy atom. The van der Waals surface area contributed by atoms with Crippen LogP contribution >= 0.6 is 0 Å². The van der Waals surface area contributed by atoms with Gasteiger partial charge in [-0.25, -0.2) is 0 Å². The maximum atomic E-state index is 12.1. The van der Waals surface area contributed by atoms with Crippen molar-refractivity contribution in [3.63, 3.8) is 0 Å². The topological polar surface area (TPSA) is 70.8 Å². The molecular formula is C12H17NO4. The van der Waals surface area contributed by atoms with Gasteiger partial charge in [0.25, 0.3) is 5.91 Å². The molecule has 0 bridgehead atoms. The molecule has 1 amide bonds. The van der Waals surface area contributed by atoms with E-state index in [4.69, 9.17) is 9.52 Å². The van der Waals surface area contributed by atoms with Gasteiger partial charge in [0.15, 0.2) is 0 Å². The average Bonchev–Trinajstić information content (AvgIpc) is 2.74. The van der Waals surface area contributed by atoms with E-state index in [1.807, 2.05) is 13.8 Å². The number of hydrogen-bond acceptors (Lipinski definition) is 3. The number of furan rings is 1. The molecule has 0 aliphatic rings. The van der Waals surface area contributed by atoms with E-state index in [0.29, 0.717) is 24.3 Å². The SMILES string of the molecule is CCCN(CC(=O)O)C(=O)c1ccoc1CC. The molecule has 1 N–H and O–H groups in total. The molecular weight excluding hydrogens is 222 g/mol. The van der Waals surface area contributed by atoms with Gasteiger partial charge in [-0.05, 0) is 12.5 Å². The van der Waals surface area contributed by atoms with Crippen LogP contribution in [-0.4, -0.2) is 35.0 Å². The fourth-order valence-corrected chi connectivity index (χ4v) is 1.66. The van der Waals surface area contributed by atoms with Gasteiger partial charge in [0, 0.05) is 13.0 Å². The Labute approximate surface area is 100 Å². The van der Waals surface area contributed by atoms with Crippen molar-refractivity contribution in [2.45, 2.75) is 26.7 Å². The molecule has 1 aromatic rings. The van der Waals surface area contributed by atoms with Gasteiger partial charge in [0.2, 0.25) is 0 Å². The highest BCUT2D eigenvalue weighted by molar-refractivity contribution is 5.96. The molecule has 1 aromatic heterocycles. The molecule has 0 aliphatic carbocycles. The van der Waals surface area contributed by atoms with Crippen LogP contribution in [0.4, 0.5) is 0 Å². The molecule has 17 heavy (non-hydrogen) atoms. The number of amides is 1. The van der Waals surface area contributed by atoms with Crippen molar-refractivity contribution in [3.8, 4) is 0 Å². The lowest BCUT2D eigenvalue weighted by molar-refractivity contribution is -0.137. The van der Waals surface area contributed by atoms with E-state index < -0.39 is 5.97 Å². The number of carbonyl (C=O) groups excluding carboxylic acids is 1. The molecule has 0 radical (unpaired) electrons. The predicted octanol–water partition coefficient (Wildman–Crippen LogP) is 1.78. The van der Waals surface area contributed by atoms with Gasteiger partial charge in [-0.1, -0.05) is 13.8 Å². The second kappa shape index (κ2) is 6.08. The quantitative estimate of drug-likeness (QED) is 0.821. The van der Waals surface area contributed by atoms with Crippen molar-refractivity contribution in [2.24, 2.45) is 0 Å². The third-order valence-electron chi connectivity index (χ3n) is 2.40. The molecule has 0 fully saturated rings. The van der Waals surface area contributed by atoms with Gasteiger partial charge in [-0.3, -0.25) is 9.59 Å². The molecule has 0 aliphatic heterocycles. The second-order valence-corrected chi connectivity index (χ2v) is 3.73. The zero-order valence-corrected chi connectivity index (χ0v) is 10.1. The van der Waals surface area contributed by atoms with Crippen molar-refractivity contribution in [1.82, 2.24) is 4.90 Å². The zero-order chi connectivity index (χ0) is 12.8. The number of aryl methyl sites for hydroxylation is 1. The Balaban J connectivity index is 2.87. The van der Waals surface area contributed by atoms with Crippen molar-refractivity contribution < 1.29 is 19.1 Å². The van der Waals surface area contributed by atoms with Crippen LogP contribution < -0.4 is 0 Å². The van der Waals surface area contributed by atoms with Crippen LogP contribution in [0, 0.1) is 0 Å². The fourth-order valence-electron chi connectivity index (χ4n) is 1.66. The summed E-state index contributed by atoms with van der Waals surface area (Å²) in [4.78, 5) is 24.1. The fraction of sp³-hybridized carbons (Fsp3) is 0.500. The summed E-state index contributed by atoms with van der Waals surface area (Å²) in [5.41, 5.74) is 0.460. The summed E-state index contributed by atoms with van der Waals surface area (Å²) >= 11 is 0. The highest BCUT2D eigenvalue weighted by Crippen LogP contribution is 2.14. The third kappa shape index (κ3) is 3.34. The molecule has 0 aromatic carbocycles. The van der Waals surface area contributed by atoms with Gasteiger partial charge in [-0.15, -0.1) is 0 Å². The van der Waals surface area contributed by atoms with Crippen molar-refractivity contribution in [1.29, 1.82) is 0 Å². The summed E-state index contributed by atoms with van der Waals surface area (Å²) in [6.45, 7) is 3.94. The largest absolute Gasteiger partial charge is 0.480 e. The first kappa shape index (κ1) is 13.3. The summed E-state index contributed by atoms with van der Waals surface area (Å²) in [6.07, 6.45) is 2.79. The normalized spacial score (nSPS) is 10.2. The summed E-state index contributed by atoms with van der Waals surface area (Å²) < 4.78 is 5.17. The molecule has 0 saturated heterocycles. The van der Waals surface area contributed by atoms with Crippen molar-refractivity contribution in [3.05, 3.63) is 23.7 Å². The number of carboxylic acid groups (broad SMARTS) is 1. The lowest BCUT2D eigenvalue weighted by Gasteiger charge is -2.19.